The Morgan fingerprint density at radius 2 is 1.93 bits per heavy atom. The lowest BCUT2D eigenvalue weighted by Gasteiger charge is -2.08. The van der Waals surface area contributed by atoms with E-state index in [2.05, 4.69) is 35.7 Å². The molecule has 0 aliphatic heterocycles. The Bertz CT molecular complexity index is 405. The van der Waals surface area contributed by atoms with Crippen molar-refractivity contribution in [2.24, 2.45) is 0 Å². The fourth-order valence-corrected chi connectivity index (χ4v) is 1.51. The summed E-state index contributed by atoms with van der Waals surface area (Å²) < 4.78 is 0.892. The number of allylic oxidation sites excluding steroid dienone is 2. The van der Waals surface area contributed by atoms with Gasteiger partial charge in [-0.05, 0) is 23.3 Å². The van der Waals surface area contributed by atoms with Gasteiger partial charge >= 0.3 is 0 Å². The van der Waals surface area contributed by atoms with Crippen molar-refractivity contribution < 1.29 is 5.11 Å². The molecular weight excluding hydrogens is 240 g/mol. The molecule has 0 saturated heterocycles. The van der Waals surface area contributed by atoms with Gasteiger partial charge in [-0.2, -0.15) is 0 Å². The molecule has 0 atom stereocenters. The second-order valence-electron chi connectivity index (χ2n) is 2.87. The number of halogens is 1. The predicted molar refractivity (Wildman–Crippen MR) is 65.0 cm³/mol. The Morgan fingerprint density at radius 1 is 1.29 bits per heavy atom. The Morgan fingerprint density at radius 3 is 2.43 bits per heavy atom. The van der Waals surface area contributed by atoms with Crippen molar-refractivity contribution in [1.29, 1.82) is 0 Å². The third-order valence-electron chi connectivity index (χ3n) is 1.88. The number of aliphatic hydroxyl groups is 1. The molecule has 0 amide bonds. The van der Waals surface area contributed by atoms with E-state index in [4.69, 9.17) is 0 Å². The van der Waals surface area contributed by atoms with Gasteiger partial charge in [-0.25, -0.2) is 0 Å². The van der Waals surface area contributed by atoms with Gasteiger partial charge in [0.05, 0.1) is 0 Å². The van der Waals surface area contributed by atoms with E-state index in [0.29, 0.717) is 5.56 Å². The van der Waals surface area contributed by atoms with Gasteiger partial charge in [-0.3, -0.25) is 0 Å². The summed E-state index contributed by atoms with van der Waals surface area (Å²) in [6.07, 6.45) is 1.65. The fourth-order valence-electron chi connectivity index (χ4n) is 1.15. The van der Waals surface area contributed by atoms with Crippen LogP contribution < -0.4 is 0 Å². The molecule has 1 rings (SSSR count). The van der Waals surface area contributed by atoms with Crippen molar-refractivity contribution in [2.75, 3.05) is 0 Å². The minimum absolute atomic E-state index is 0.0318. The number of hydrogen-bond donors (Lipinski definition) is 1. The summed E-state index contributed by atoms with van der Waals surface area (Å²) in [5.41, 5.74) is 2.28. The molecule has 72 valence electrons. The van der Waals surface area contributed by atoms with Crippen molar-refractivity contribution >= 4 is 27.3 Å². The van der Waals surface area contributed by atoms with Crippen molar-refractivity contribution in [1.82, 2.24) is 0 Å². The third-order valence-corrected chi connectivity index (χ3v) is 2.38. The average molecular weight is 251 g/mol. The zero-order chi connectivity index (χ0) is 10.7. The maximum atomic E-state index is 9.38. The summed E-state index contributed by atoms with van der Waals surface area (Å²) in [6, 6.07) is 5.55. The van der Waals surface area contributed by atoms with Gasteiger partial charge in [-0.1, -0.05) is 47.8 Å². The van der Waals surface area contributed by atoms with E-state index in [-0.39, 0.29) is 5.76 Å². The van der Waals surface area contributed by atoms with Crippen molar-refractivity contribution in [2.45, 2.75) is 0 Å². The molecule has 0 aliphatic carbocycles. The van der Waals surface area contributed by atoms with Crippen LogP contribution in [0.25, 0.3) is 11.3 Å². The predicted octanol–water partition coefficient (Wildman–Crippen LogP) is 4.18. The zero-order valence-electron chi connectivity index (χ0n) is 7.76. The van der Waals surface area contributed by atoms with Crippen LogP contribution in [0.4, 0.5) is 0 Å². The summed E-state index contributed by atoms with van der Waals surface area (Å²) in [6.45, 7) is 11.0. The molecule has 2 heteroatoms. The van der Waals surface area contributed by atoms with Crippen molar-refractivity contribution in [3.63, 3.8) is 0 Å². The molecule has 0 aliphatic rings. The summed E-state index contributed by atoms with van der Waals surface area (Å²) in [5.74, 6) is 0.0318. The van der Waals surface area contributed by atoms with Crippen LogP contribution in [0.5, 0.6) is 0 Å². The lowest BCUT2D eigenvalue weighted by molar-refractivity contribution is 0.513. The van der Waals surface area contributed by atoms with Gasteiger partial charge < -0.3 is 5.11 Å². The monoisotopic (exact) mass is 250 g/mol. The molecular formula is C12H11BrO. The molecule has 14 heavy (non-hydrogen) atoms. The maximum Gasteiger partial charge on any atom is 0.116 e. The number of benzene rings is 1. The van der Waals surface area contributed by atoms with Crippen LogP contribution in [0.3, 0.4) is 0 Å². The van der Waals surface area contributed by atoms with E-state index >= 15 is 0 Å². The third kappa shape index (κ3) is 2.15. The van der Waals surface area contributed by atoms with E-state index in [1.54, 1.807) is 12.1 Å². The first-order valence-corrected chi connectivity index (χ1v) is 4.85. The molecule has 1 aromatic rings. The summed E-state index contributed by atoms with van der Waals surface area (Å²) in [7, 11) is 0. The van der Waals surface area contributed by atoms with Gasteiger partial charge in [0.25, 0.3) is 0 Å². The van der Waals surface area contributed by atoms with Crippen molar-refractivity contribution in [3.05, 3.63) is 59.6 Å². The van der Waals surface area contributed by atoms with Crippen LogP contribution in [0, 0.1) is 0 Å². The van der Waals surface area contributed by atoms with Crippen molar-refractivity contribution in [3.8, 4) is 0 Å². The highest BCUT2D eigenvalue weighted by Gasteiger charge is 2.06. The topological polar surface area (TPSA) is 20.2 Å². The zero-order valence-corrected chi connectivity index (χ0v) is 9.34. The Kier molecular flexibility index (Phi) is 3.31. The molecule has 0 spiro atoms. The summed E-state index contributed by atoms with van der Waals surface area (Å²) in [5, 5.41) is 9.38. The molecule has 0 bridgehead atoms. The van der Waals surface area contributed by atoms with E-state index in [0.717, 1.165) is 15.6 Å². The highest BCUT2D eigenvalue weighted by Crippen LogP contribution is 2.26. The lowest BCUT2D eigenvalue weighted by atomic mass is 10.00. The molecule has 1 nitrogen and oxygen atoms in total. The first-order chi connectivity index (χ1) is 6.56. The first-order valence-electron chi connectivity index (χ1n) is 4.05. The highest BCUT2D eigenvalue weighted by atomic mass is 79.9. The Balaban J connectivity index is 3.35. The van der Waals surface area contributed by atoms with Crippen LogP contribution in [-0.4, -0.2) is 5.11 Å². The van der Waals surface area contributed by atoms with Crippen LogP contribution in [0.2, 0.25) is 0 Å². The summed E-state index contributed by atoms with van der Waals surface area (Å²) >= 11 is 3.33. The van der Waals surface area contributed by atoms with Crippen LogP contribution in [-0.2, 0) is 0 Å². The SMILES string of the molecule is C=CC(=C)c1ccc(Br)cc1C(=C)O. The van der Waals surface area contributed by atoms with E-state index in [1.165, 1.54) is 0 Å². The van der Waals surface area contributed by atoms with E-state index in [1.807, 2.05) is 12.1 Å². The molecule has 0 heterocycles. The standard InChI is InChI=1S/C12H11BrO/c1-4-8(2)11-6-5-10(13)7-12(11)9(3)14/h4-7,14H,1-3H2. The minimum Gasteiger partial charge on any atom is -0.508 e. The molecule has 0 fully saturated rings. The average Bonchev–Trinajstić information content (AvgIpc) is 2.16. The number of rotatable bonds is 3. The maximum absolute atomic E-state index is 9.38. The van der Waals surface area contributed by atoms with Crippen LogP contribution in [0.15, 0.2) is 48.5 Å². The van der Waals surface area contributed by atoms with Crippen LogP contribution in [0.1, 0.15) is 11.1 Å². The molecule has 0 radical (unpaired) electrons. The number of hydrogen-bond acceptors (Lipinski definition) is 1. The molecule has 0 aromatic heterocycles. The van der Waals surface area contributed by atoms with Gasteiger partial charge in [0.1, 0.15) is 5.76 Å². The molecule has 0 saturated carbocycles. The second-order valence-corrected chi connectivity index (χ2v) is 3.78. The highest BCUT2D eigenvalue weighted by molar-refractivity contribution is 9.10. The number of aliphatic hydroxyl groups excluding tert-OH is 1. The molecule has 1 aromatic carbocycles. The minimum atomic E-state index is 0.0318. The largest absolute Gasteiger partial charge is 0.508 e. The Hall–Kier alpha value is -1.28. The van der Waals surface area contributed by atoms with E-state index < -0.39 is 0 Å². The first kappa shape index (κ1) is 10.8. The van der Waals surface area contributed by atoms with Gasteiger partial charge in [0.15, 0.2) is 0 Å². The van der Waals surface area contributed by atoms with Gasteiger partial charge in [0, 0.05) is 10.0 Å². The normalized spacial score (nSPS) is 9.50. The Labute approximate surface area is 92.2 Å². The smallest absolute Gasteiger partial charge is 0.116 e. The van der Waals surface area contributed by atoms with Gasteiger partial charge in [0.2, 0.25) is 0 Å². The summed E-state index contributed by atoms with van der Waals surface area (Å²) in [4.78, 5) is 0. The molecule has 0 unspecified atom stereocenters. The lowest BCUT2D eigenvalue weighted by Crippen LogP contribution is -1.90. The van der Waals surface area contributed by atoms with Crippen LogP contribution >= 0.6 is 15.9 Å². The second kappa shape index (κ2) is 4.29. The van der Waals surface area contributed by atoms with Gasteiger partial charge in [-0.15, -0.1) is 0 Å². The quantitative estimate of drug-likeness (QED) is 0.631. The fraction of sp³-hybridized carbons (Fsp3) is 0. The van der Waals surface area contributed by atoms with E-state index in [9.17, 15) is 5.11 Å². The molecule has 1 N–H and O–H groups in total.